The zero-order chi connectivity index (χ0) is 38.6. The molecule has 0 bridgehead atoms. The van der Waals surface area contributed by atoms with Gasteiger partial charge in [-0.1, -0.05) is 76.8 Å². The quantitative estimate of drug-likeness (QED) is 0.173. The summed E-state index contributed by atoms with van der Waals surface area (Å²) in [4.78, 5) is 79.7. The number of hydrogen-bond acceptors (Lipinski definition) is 8. The number of likely N-dealkylation sites (tertiary alicyclic amines) is 1. The summed E-state index contributed by atoms with van der Waals surface area (Å²) in [6, 6.07) is 4.43. The second-order valence-electron chi connectivity index (χ2n) is 16.1. The molecule has 2 heterocycles. The van der Waals surface area contributed by atoms with Gasteiger partial charge in [0, 0.05) is 25.5 Å². The number of hydrogen-bond donors (Lipinski definition) is 5. The number of amides is 5. The fraction of sp³-hybridized carbons (Fsp3) is 0.585. The first-order valence-corrected chi connectivity index (χ1v) is 19.6. The molecule has 4 aliphatic rings. The van der Waals surface area contributed by atoms with Gasteiger partial charge in [0.25, 0.3) is 11.8 Å². The molecular weight excluding hydrogens is 686 g/mol. The van der Waals surface area contributed by atoms with Crippen molar-refractivity contribution in [2.24, 2.45) is 29.1 Å². The SMILES string of the molecule is C=CCNC(=O)C(O)C(CCC)NC(=O)[C@@H]1[C@@H]2[C@H](CN1C(=O)[C@@H](NC(=O)[C@@H](NC(=O)c1cnccn1)C1CCCCC1)C1Cc3ccccc3C1)C2(C)C. The van der Waals surface area contributed by atoms with Crippen molar-refractivity contribution in [2.45, 2.75) is 109 Å². The molecule has 1 saturated heterocycles. The summed E-state index contributed by atoms with van der Waals surface area (Å²) in [6.45, 7) is 10.2. The highest BCUT2D eigenvalue weighted by Gasteiger charge is 2.70. The first-order chi connectivity index (χ1) is 26.0. The molecule has 13 nitrogen and oxygen atoms in total. The van der Waals surface area contributed by atoms with Gasteiger partial charge in [-0.15, -0.1) is 6.58 Å². The molecule has 5 amide bonds. The Bertz CT molecular complexity index is 1690. The van der Waals surface area contributed by atoms with Crippen LogP contribution in [0, 0.1) is 29.1 Å². The predicted molar refractivity (Wildman–Crippen MR) is 201 cm³/mol. The van der Waals surface area contributed by atoms with Crippen molar-refractivity contribution in [1.82, 2.24) is 36.1 Å². The lowest BCUT2D eigenvalue weighted by Gasteiger charge is -2.37. The zero-order valence-corrected chi connectivity index (χ0v) is 31.6. The Morgan fingerprint density at radius 3 is 2.30 bits per heavy atom. The first-order valence-electron chi connectivity index (χ1n) is 19.6. The Kier molecular flexibility index (Phi) is 12.1. The topological polar surface area (TPSA) is 183 Å². The van der Waals surface area contributed by atoms with Crippen LogP contribution < -0.4 is 21.3 Å². The summed E-state index contributed by atoms with van der Waals surface area (Å²) in [7, 11) is 0. The van der Waals surface area contributed by atoms with Crippen LogP contribution in [-0.2, 0) is 32.0 Å². The number of aliphatic hydroxyl groups excluding tert-OH is 1. The van der Waals surface area contributed by atoms with Gasteiger partial charge in [-0.2, -0.15) is 0 Å². The fourth-order valence-electron chi connectivity index (χ4n) is 9.29. The van der Waals surface area contributed by atoms with E-state index in [4.69, 9.17) is 0 Å². The fourth-order valence-corrected chi connectivity index (χ4v) is 9.29. The van der Waals surface area contributed by atoms with E-state index in [1.807, 2.05) is 31.2 Å². The van der Waals surface area contributed by atoms with Crippen molar-refractivity contribution in [3.05, 3.63) is 72.3 Å². The maximum absolute atomic E-state index is 15.0. The number of fused-ring (bicyclic) bond motifs is 2. The lowest BCUT2D eigenvalue weighted by molar-refractivity contribution is -0.145. The summed E-state index contributed by atoms with van der Waals surface area (Å²) in [5, 5.41) is 22.6. The molecule has 7 atom stereocenters. The van der Waals surface area contributed by atoms with Gasteiger partial charge in [-0.3, -0.25) is 29.0 Å². The number of nitrogens with one attached hydrogen (secondary N) is 4. The number of benzene rings is 1. The maximum Gasteiger partial charge on any atom is 0.272 e. The highest BCUT2D eigenvalue weighted by molar-refractivity contribution is 5.98. The van der Waals surface area contributed by atoms with Gasteiger partial charge in [0.2, 0.25) is 17.7 Å². The third-order valence-corrected chi connectivity index (χ3v) is 12.4. The minimum Gasteiger partial charge on any atom is -0.381 e. The molecular formula is C41H55N7O6. The van der Waals surface area contributed by atoms with E-state index < -0.39 is 53.9 Å². The van der Waals surface area contributed by atoms with Crippen molar-refractivity contribution >= 4 is 29.5 Å². The Hall–Kier alpha value is -4.65. The van der Waals surface area contributed by atoms with E-state index in [0.29, 0.717) is 32.2 Å². The molecule has 290 valence electrons. The van der Waals surface area contributed by atoms with E-state index in [-0.39, 0.29) is 47.2 Å². The Labute approximate surface area is 317 Å². The molecule has 5 N–H and O–H groups in total. The molecule has 54 heavy (non-hydrogen) atoms. The second-order valence-corrected chi connectivity index (χ2v) is 16.1. The molecule has 2 saturated carbocycles. The highest BCUT2D eigenvalue weighted by atomic mass is 16.3. The number of rotatable bonds is 15. The summed E-state index contributed by atoms with van der Waals surface area (Å²) in [6.07, 6.45) is 10.8. The zero-order valence-electron chi connectivity index (χ0n) is 31.6. The van der Waals surface area contributed by atoms with Crippen LogP contribution in [0.25, 0.3) is 0 Å². The summed E-state index contributed by atoms with van der Waals surface area (Å²) >= 11 is 0. The highest BCUT2D eigenvalue weighted by Crippen LogP contribution is 2.65. The van der Waals surface area contributed by atoms with Gasteiger partial charge in [-0.05, 0) is 72.3 Å². The number of carbonyl (C=O) groups excluding carboxylic acids is 5. The van der Waals surface area contributed by atoms with Crippen molar-refractivity contribution in [3.63, 3.8) is 0 Å². The molecule has 2 aromatic rings. The largest absolute Gasteiger partial charge is 0.381 e. The Morgan fingerprint density at radius 1 is 0.963 bits per heavy atom. The van der Waals surface area contributed by atoms with E-state index in [1.165, 1.54) is 24.7 Å². The van der Waals surface area contributed by atoms with Crippen LogP contribution >= 0.6 is 0 Å². The van der Waals surface area contributed by atoms with Crippen molar-refractivity contribution in [1.29, 1.82) is 0 Å². The Morgan fingerprint density at radius 2 is 1.67 bits per heavy atom. The second kappa shape index (κ2) is 16.8. The van der Waals surface area contributed by atoms with Gasteiger partial charge in [0.05, 0.1) is 12.2 Å². The lowest BCUT2D eigenvalue weighted by Crippen LogP contribution is -2.62. The molecule has 0 radical (unpaired) electrons. The monoisotopic (exact) mass is 741 g/mol. The molecule has 1 aromatic carbocycles. The summed E-state index contributed by atoms with van der Waals surface area (Å²) < 4.78 is 0. The van der Waals surface area contributed by atoms with Crippen molar-refractivity contribution in [2.75, 3.05) is 13.1 Å². The smallest absolute Gasteiger partial charge is 0.272 e. The average molecular weight is 742 g/mol. The maximum atomic E-state index is 15.0. The minimum atomic E-state index is -1.49. The summed E-state index contributed by atoms with van der Waals surface area (Å²) in [5.41, 5.74) is 2.13. The summed E-state index contributed by atoms with van der Waals surface area (Å²) in [5.74, 6) is -2.79. The first kappa shape index (κ1) is 39.1. The molecule has 3 aliphatic carbocycles. The molecule has 3 fully saturated rings. The van der Waals surface area contributed by atoms with Crippen molar-refractivity contribution in [3.8, 4) is 0 Å². The van der Waals surface area contributed by atoms with E-state index in [0.717, 1.165) is 43.2 Å². The van der Waals surface area contributed by atoms with E-state index in [2.05, 4.69) is 51.7 Å². The lowest BCUT2D eigenvalue weighted by atomic mass is 9.83. The van der Waals surface area contributed by atoms with Crippen LogP contribution in [0.3, 0.4) is 0 Å². The van der Waals surface area contributed by atoms with Crippen molar-refractivity contribution < 1.29 is 29.1 Å². The van der Waals surface area contributed by atoms with Crippen LogP contribution in [0.4, 0.5) is 0 Å². The van der Waals surface area contributed by atoms with Crippen LogP contribution in [-0.4, -0.2) is 92.9 Å². The molecule has 0 spiro atoms. The Balaban J connectivity index is 1.28. The van der Waals surface area contributed by atoms with E-state index in [9.17, 15) is 24.3 Å². The minimum absolute atomic E-state index is 0.0704. The van der Waals surface area contributed by atoms with Gasteiger partial charge in [-0.25, -0.2) is 4.98 Å². The predicted octanol–water partition coefficient (Wildman–Crippen LogP) is 2.49. The van der Waals surface area contributed by atoms with Crippen LogP contribution in [0.1, 0.15) is 87.3 Å². The molecule has 2 unspecified atom stereocenters. The van der Waals surface area contributed by atoms with Crippen LogP contribution in [0.5, 0.6) is 0 Å². The third-order valence-electron chi connectivity index (χ3n) is 12.4. The van der Waals surface area contributed by atoms with Gasteiger partial charge in [0.15, 0.2) is 6.10 Å². The molecule has 6 rings (SSSR count). The number of aromatic nitrogens is 2. The third kappa shape index (κ3) is 8.20. The number of carbonyl (C=O) groups is 5. The van der Waals surface area contributed by atoms with E-state index in [1.54, 1.807) is 4.90 Å². The number of piperidine rings is 1. The molecule has 13 heteroatoms. The van der Waals surface area contributed by atoms with Crippen LogP contribution in [0.2, 0.25) is 0 Å². The van der Waals surface area contributed by atoms with Gasteiger partial charge in [0.1, 0.15) is 23.8 Å². The average Bonchev–Trinajstić information content (AvgIpc) is 3.53. The van der Waals surface area contributed by atoms with Crippen LogP contribution in [0.15, 0.2) is 55.5 Å². The van der Waals surface area contributed by atoms with E-state index >= 15 is 4.79 Å². The normalized spacial score (nSPS) is 23.9. The van der Waals surface area contributed by atoms with Gasteiger partial charge >= 0.3 is 0 Å². The molecule has 1 aromatic heterocycles. The number of nitrogens with zero attached hydrogens (tertiary/aromatic N) is 3. The van der Waals surface area contributed by atoms with Gasteiger partial charge < -0.3 is 31.3 Å². The standard InChI is InChI=1S/C41H55N7O6/c1-5-12-29(35(49)39(53)44-17-6-2)45-38(52)34-31-28(41(31,3)4)23-48(34)40(54)33(27-20-25-15-10-11-16-26(25)21-27)47-37(51)32(24-13-8-7-9-14-24)46-36(50)30-22-42-18-19-43-30/h6,10-11,15-16,18-19,22,24,27-29,31-35,49H,2,5,7-9,12-14,17,20-21,23H2,1,3-4H3,(H,44,53)(H,45,52)(H,46,50)(H,47,51)/t28-,29?,31-,32-,33-,34-,35?/m0/s1. The number of aliphatic hydroxyl groups is 1. The molecule has 1 aliphatic heterocycles.